The Morgan fingerprint density at radius 2 is 1.76 bits per heavy atom. The molecule has 110 valence electrons. The normalized spacial score (nSPS) is 27.0. The molecule has 1 aliphatic carbocycles. The molecular formula is C17H19ClN2O. The zero-order valence-electron chi connectivity index (χ0n) is 11.9. The summed E-state index contributed by atoms with van der Waals surface area (Å²) < 4.78 is 0. The molecule has 2 aliphatic heterocycles. The summed E-state index contributed by atoms with van der Waals surface area (Å²) in [6.07, 6.45) is 7.03. The first-order chi connectivity index (χ1) is 10.2. The molecule has 1 saturated carbocycles. The first kappa shape index (κ1) is 13.2. The van der Waals surface area contributed by atoms with Crippen molar-refractivity contribution in [1.82, 2.24) is 4.90 Å². The van der Waals surface area contributed by atoms with Gasteiger partial charge in [0.1, 0.15) is 0 Å². The Morgan fingerprint density at radius 1 is 1.10 bits per heavy atom. The molecule has 1 aromatic rings. The van der Waals surface area contributed by atoms with E-state index in [1.807, 2.05) is 18.2 Å². The fourth-order valence-electron chi connectivity index (χ4n) is 3.79. The average molecular weight is 303 g/mol. The number of urea groups is 1. The summed E-state index contributed by atoms with van der Waals surface area (Å²) in [5.74, 6) is 0. The van der Waals surface area contributed by atoms with Gasteiger partial charge in [-0.05, 0) is 50.7 Å². The van der Waals surface area contributed by atoms with Gasteiger partial charge in [0.25, 0.3) is 0 Å². The van der Waals surface area contributed by atoms with Gasteiger partial charge in [0.05, 0.1) is 10.7 Å². The molecule has 2 atom stereocenters. The predicted molar refractivity (Wildman–Crippen MR) is 84.6 cm³/mol. The van der Waals surface area contributed by atoms with Crippen LogP contribution >= 0.6 is 11.6 Å². The van der Waals surface area contributed by atoms with Gasteiger partial charge in [-0.15, -0.1) is 0 Å². The van der Waals surface area contributed by atoms with Crippen molar-refractivity contribution in [3.05, 3.63) is 40.4 Å². The van der Waals surface area contributed by atoms with E-state index in [1.165, 1.54) is 12.8 Å². The van der Waals surface area contributed by atoms with E-state index in [4.69, 9.17) is 11.6 Å². The minimum atomic E-state index is 0.00967. The van der Waals surface area contributed by atoms with Gasteiger partial charge >= 0.3 is 6.03 Å². The van der Waals surface area contributed by atoms with E-state index < -0.39 is 0 Å². The number of anilines is 1. The number of carbonyl (C=O) groups excluding carboxylic acids is 1. The lowest BCUT2D eigenvalue weighted by Crippen LogP contribution is -2.46. The lowest BCUT2D eigenvalue weighted by atomic mass is 9.96. The van der Waals surface area contributed by atoms with Gasteiger partial charge < -0.3 is 10.2 Å². The zero-order chi connectivity index (χ0) is 14.4. The Hall–Kier alpha value is -1.48. The van der Waals surface area contributed by atoms with Crippen LogP contribution < -0.4 is 5.32 Å². The number of halogens is 1. The van der Waals surface area contributed by atoms with E-state index in [0.29, 0.717) is 22.8 Å². The van der Waals surface area contributed by atoms with Crippen LogP contribution in [0.25, 0.3) is 0 Å². The highest BCUT2D eigenvalue weighted by Crippen LogP contribution is 2.44. The molecule has 21 heavy (non-hydrogen) atoms. The molecule has 3 nitrogen and oxygen atoms in total. The molecule has 3 aliphatic rings. The number of para-hydroxylation sites is 1. The van der Waals surface area contributed by atoms with Gasteiger partial charge in [-0.1, -0.05) is 34.9 Å². The molecular weight excluding hydrogens is 284 g/mol. The molecule has 2 saturated heterocycles. The fourth-order valence-corrected chi connectivity index (χ4v) is 3.98. The number of fused-ring (bicyclic) bond motifs is 2. The molecule has 2 heterocycles. The Kier molecular flexibility index (Phi) is 3.18. The Balaban J connectivity index is 1.51. The molecule has 3 fully saturated rings. The van der Waals surface area contributed by atoms with Crippen molar-refractivity contribution in [1.29, 1.82) is 0 Å². The van der Waals surface area contributed by atoms with Crippen LogP contribution in [-0.2, 0) is 0 Å². The van der Waals surface area contributed by atoms with Crippen molar-refractivity contribution < 1.29 is 4.79 Å². The van der Waals surface area contributed by atoms with Crippen LogP contribution in [0.15, 0.2) is 35.4 Å². The standard InChI is InChI=1S/C17H19ClN2O/c18-15-3-1-2-4-16(15)19-17(21)20-13-7-8-14(20)10-12(9-13)11-5-6-11/h1-4,13-14H,5-10H2,(H,19,21). The molecule has 0 spiro atoms. The molecule has 1 aromatic carbocycles. The van der Waals surface area contributed by atoms with Crippen molar-refractivity contribution in [2.45, 2.75) is 50.6 Å². The summed E-state index contributed by atoms with van der Waals surface area (Å²) in [5.41, 5.74) is 4.01. The van der Waals surface area contributed by atoms with E-state index in [2.05, 4.69) is 10.2 Å². The average Bonchev–Trinajstić information content (AvgIpc) is 3.27. The van der Waals surface area contributed by atoms with E-state index in [9.17, 15) is 4.79 Å². The van der Waals surface area contributed by atoms with Crippen molar-refractivity contribution in [3.8, 4) is 0 Å². The van der Waals surface area contributed by atoms with E-state index in [-0.39, 0.29) is 6.03 Å². The first-order valence-corrected chi connectivity index (χ1v) is 8.14. The lowest BCUT2D eigenvalue weighted by Gasteiger charge is -2.36. The number of rotatable bonds is 1. The number of hydrogen-bond donors (Lipinski definition) is 1. The number of nitrogens with zero attached hydrogens (tertiary/aromatic N) is 1. The van der Waals surface area contributed by atoms with Crippen LogP contribution in [0.4, 0.5) is 10.5 Å². The largest absolute Gasteiger partial charge is 0.322 e. The lowest BCUT2D eigenvalue weighted by molar-refractivity contribution is 0.173. The van der Waals surface area contributed by atoms with Gasteiger partial charge in [-0.25, -0.2) is 4.79 Å². The van der Waals surface area contributed by atoms with E-state index in [0.717, 1.165) is 25.7 Å². The van der Waals surface area contributed by atoms with Crippen LogP contribution in [0.5, 0.6) is 0 Å². The molecule has 2 amide bonds. The van der Waals surface area contributed by atoms with Gasteiger partial charge in [0, 0.05) is 12.1 Å². The van der Waals surface area contributed by atoms with Gasteiger partial charge in [-0.3, -0.25) is 0 Å². The van der Waals surface area contributed by atoms with Gasteiger partial charge in [0.15, 0.2) is 0 Å². The predicted octanol–water partition coefficient (Wildman–Crippen LogP) is 4.59. The number of piperidine rings is 1. The maximum atomic E-state index is 12.6. The summed E-state index contributed by atoms with van der Waals surface area (Å²) in [6, 6.07) is 8.19. The smallest absolute Gasteiger partial charge is 0.318 e. The minimum Gasteiger partial charge on any atom is -0.318 e. The summed E-state index contributed by atoms with van der Waals surface area (Å²) in [6.45, 7) is 0. The van der Waals surface area contributed by atoms with Crippen molar-refractivity contribution in [2.75, 3.05) is 5.32 Å². The Labute approximate surface area is 130 Å². The summed E-state index contributed by atoms with van der Waals surface area (Å²) >= 11 is 6.13. The topological polar surface area (TPSA) is 32.3 Å². The second-order valence-corrected chi connectivity index (χ2v) is 6.72. The second-order valence-electron chi connectivity index (χ2n) is 6.32. The van der Waals surface area contributed by atoms with E-state index in [1.54, 1.807) is 17.2 Å². The molecule has 1 N–H and O–H groups in total. The molecule has 4 rings (SSSR count). The maximum Gasteiger partial charge on any atom is 0.322 e. The number of hydrogen-bond acceptors (Lipinski definition) is 1. The van der Waals surface area contributed by atoms with Crippen LogP contribution in [-0.4, -0.2) is 23.0 Å². The number of allylic oxidation sites excluding steroid dienone is 1. The highest BCUT2D eigenvalue weighted by Gasteiger charge is 2.42. The highest BCUT2D eigenvalue weighted by atomic mass is 35.5. The third kappa shape index (κ3) is 2.44. The quantitative estimate of drug-likeness (QED) is 0.756. The summed E-state index contributed by atoms with van der Waals surface area (Å²) in [5, 5.41) is 3.57. The minimum absolute atomic E-state index is 0.00967. The van der Waals surface area contributed by atoms with Crippen molar-refractivity contribution >= 4 is 23.3 Å². The highest BCUT2D eigenvalue weighted by molar-refractivity contribution is 6.33. The maximum absolute atomic E-state index is 12.6. The molecule has 4 heteroatoms. The number of benzene rings is 1. The SMILES string of the molecule is O=C(Nc1ccccc1Cl)N1C2CCC1CC(=C1CC1)C2. The fraction of sp³-hybridized carbons (Fsp3) is 0.471. The Bertz CT molecular complexity index is 603. The van der Waals surface area contributed by atoms with Crippen LogP contribution in [0.1, 0.15) is 38.5 Å². The molecule has 0 radical (unpaired) electrons. The first-order valence-electron chi connectivity index (χ1n) is 7.76. The molecule has 2 bridgehead atoms. The molecule has 2 unspecified atom stereocenters. The van der Waals surface area contributed by atoms with E-state index >= 15 is 0 Å². The number of nitrogens with one attached hydrogen (secondary N) is 1. The van der Waals surface area contributed by atoms with Crippen molar-refractivity contribution in [3.63, 3.8) is 0 Å². The zero-order valence-corrected chi connectivity index (χ0v) is 12.7. The van der Waals surface area contributed by atoms with Gasteiger partial charge in [0.2, 0.25) is 0 Å². The number of carbonyl (C=O) groups is 1. The van der Waals surface area contributed by atoms with Crippen LogP contribution in [0, 0.1) is 0 Å². The van der Waals surface area contributed by atoms with Crippen LogP contribution in [0.3, 0.4) is 0 Å². The van der Waals surface area contributed by atoms with Gasteiger partial charge in [-0.2, -0.15) is 0 Å². The summed E-state index contributed by atoms with van der Waals surface area (Å²) in [4.78, 5) is 14.7. The second kappa shape index (κ2) is 5.06. The third-order valence-electron chi connectivity index (χ3n) is 4.93. The van der Waals surface area contributed by atoms with Crippen molar-refractivity contribution in [2.24, 2.45) is 0 Å². The monoisotopic (exact) mass is 302 g/mol. The third-order valence-corrected chi connectivity index (χ3v) is 5.26. The number of amides is 2. The summed E-state index contributed by atoms with van der Waals surface area (Å²) in [7, 11) is 0. The molecule has 0 aromatic heterocycles. The van der Waals surface area contributed by atoms with Crippen LogP contribution in [0.2, 0.25) is 5.02 Å². The Morgan fingerprint density at radius 3 is 2.38 bits per heavy atom.